The van der Waals surface area contributed by atoms with Crippen molar-refractivity contribution >= 4 is 202 Å². The number of anilines is 3. The number of para-hydroxylation sites is 13. The molecule has 8 aromatic heterocycles. The van der Waals surface area contributed by atoms with Gasteiger partial charge in [0.2, 0.25) is 39.8 Å². The zero-order valence-corrected chi connectivity index (χ0v) is 74.3. The number of imidazole rings is 2. The van der Waals surface area contributed by atoms with Gasteiger partial charge < -0.3 is 14.0 Å². The summed E-state index contributed by atoms with van der Waals surface area (Å²) in [6, 6.07) is 161. The summed E-state index contributed by atoms with van der Waals surface area (Å²) in [7, 11) is -7.22. The highest BCUT2D eigenvalue weighted by molar-refractivity contribution is 7.20. The normalized spacial score (nSPS) is 14.4. The van der Waals surface area contributed by atoms with Crippen LogP contribution in [0.4, 0.5) is 17.3 Å². The molecular formula is C118H78N14Si2. The quantitative estimate of drug-likeness (QED) is 0.0742. The summed E-state index contributed by atoms with van der Waals surface area (Å²) < 4.78 is 14.1. The zero-order valence-electron chi connectivity index (χ0n) is 72.3. The molecule has 2 atom stereocenters. The molecule has 628 valence electrons. The van der Waals surface area contributed by atoms with Gasteiger partial charge in [-0.05, 0) is 164 Å². The molecule has 10 heterocycles. The van der Waals surface area contributed by atoms with Gasteiger partial charge in [-0.2, -0.15) is 9.97 Å². The van der Waals surface area contributed by atoms with E-state index in [0.717, 1.165) is 155 Å². The summed E-state index contributed by atoms with van der Waals surface area (Å²) in [5.74, 6) is 3.99. The SMILES string of the molecule is C1=CC2N=C3N(c4nc(-n5c6ccccc6n6c7ccccc7nc56)cc([Si](c5ccccc5)(c5ccccc5)c5cccc(-n6c7ccccc7c7ccccc76)c5)n4)c4ccccc4N3C2C=C1c1ccc2c(c1)c1ccccc1n2-c1cc([Si](c2ccccc2)(c2ccccc2)c2cccc(-n3c4ccccc4c4ccccc43)c2)nc(-n2c3ccccc3c3ccccc32)n1. The van der Waals surface area contributed by atoms with Crippen molar-refractivity contribution in [1.82, 2.24) is 52.2 Å². The van der Waals surface area contributed by atoms with Crippen molar-refractivity contribution in [3.63, 3.8) is 0 Å². The molecule has 134 heavy (non-hydrogen) atoms. The molecule has 0 saturated carbocycles. The topological polar surface area (TPSA) is 112 Å². The van der Waals surface area contributed by atoms with Gasteiger partial charge in [-0.25, -0.2) is 24.8 Å². The fourth-order valence-electron chi connectivity index (χ4n) is 22.7. The first kappa shape index (κ1) is 75.5. The number of allylic oxidation sites excluding steroid dienone is 2. The van der Waals surface area contributed by atoms with Gasteiger partial charge in [0.15, 0.2) is 0 Å². The Morgan fingerprint density at radius 1 is 0.254 bits per heavy atom. The second-order valence-electron chi connectivity index (χ2n) is 35.2. The van der Waals surface area contributed by atoms with Crippen LogP contribution in [-0.2, 0) is 0 Å². The Labute approximate surface area is 771 Å². The summed E-state index contributed by atoms with van der Waals surface area (Å²) in [6.45, 7) is 0. The van der Waals surface area contributed by atoms with Gasteiger partial charge >= 0.3 is 0 Å². The van der Waals surface area contributed by atoms with Crippen LogP contribution in [0.3, 0.4) is 0 Å². The number of aliphatic imine (C=N–C) groups is 1. The fourth-order valence-corrected chi connectivity index (χ4v) is 31.9. The van der Waals surface area contributed by atoms with Gasteiger partial charge in [0, 0.05) is 71.2 Å². The lowest BCUT2D eigenvalue weighted by Crippen LogP contribution is -2.75. The third kappa shape index (κ3) is 11.0. The van der Waals surface area contributed by atoms with E-state index in [4.69, 9.17) is 29.9 Å². The molecule has 1 aliphatic carbocycles. The smallest absolute Gasteiger partial charge is 0.238 e. The van der Waals surface area contributed by atoms with Crippen molar-refractivity contribution in [3.8, 4) is 29.0 Å². The van der Waals surface area contributed by atoms with Crippen LogP contribution in [0.25, 0.3) is 150 Å². The summed E-state index contributed by atoms with van der Waals surface area (Å²) in [5, 5.41) is 18.2. The average molecular weight is 1750 g/mol. The standard InChI is InChI=1S/C118H78N14Si2/c1-5-37-81(38-6-1)133(82-39-7-2-8-40-82,85-45-33-35-79(73-85)125-97-55-21-13-47-87(97)88-48-14-22-56-98(88)125)113-75-111(121-115(123-113)128-102-60-26-17-51-91(102)92-52-18-27-61-103(92)128)127-101-59-25-19-53-93(101)94-71-77(68-70-104(94)127)78-67-69-96-110(72-78)130-107-64-30-32-66-109(107)132(118(130)120-96)116-122-112(131-108-65-31-29-63-106(108)129-105-62-28-20-54-95(105)119-117(129)131)76-114(124-116)134(83-41-9-3-10-42-83,84-43-11-4-12-44-84)86-46-34-36-80(74-86)126-99-57-23-15-49-89(99)90-50-16-24-58-100(90)126/h1-76,96,110H. The summed E-state index contributed by atoms with van der Waals surface area (Å²) in [5.41, 5.74) is 18.8. The first-order valence-electron chi connectivity index (χ1n) is 45.7. The lowest BCUT2D eigenvalue weighted by atomic mass is 9.93. The highest BCUT2D eigenvalue weighted by atomic mass is 28.3. The molecular weight excluding hydrogens is 1670 g/mol. The Hall–Kier alpha value is -17.4. The number of hydrogen-bond donors (Lipinski definition) is 0. The minimum Gasteiger partial charge on any atom is -0.309 e. The van der Waals surface area contributed by atoms with Crippen LogP contribution in [0.15, 0.2) is 466 Å². The second kappa shape index (κ2) is 29.5. The van der Waals surface area contributed by atoms with Crippen molar-refractivity contribution in [1.29, 1.82) is 0 Å². The molecule has 16 heteroatoms. The van der Waals surface area contributed by atoms with Crippen LogP contribution in [0, 0.1) is 0 Å². The number of nitrogens with zero attached hydrogens (tertiary/aromatic N) is 14. The molecule has 28 rings (SSSR count). The summed E-state index contributed by atoms with van der Waals surface area (Å²) >= 11 is 0. The Morgan fingerprint density at radius 2 is 0.634 bits per heavy atom. The largest absolute Gasteiger partial charge is 0.309 e. The molecule has 2 aliphatic heterocycles. The number of fused-ring (bicyclic) bond motifs is 22. The van der Waals surface area contributed by atoms with E-state index in [1.54, 1.807) is 0 Å². The minimum absolute atomic E-state index is 0.244. The minimum atomic E-state index is -3.65. The maximum absolute atomic E-state index is 6.25. The fraction of sp³-hybridized carbons (Fsp3) is 0.0169. The van der Waals surface area contributed by atoms with Gasteiger partial charge in [-0.1, -0.05) is 334 Å². The van der Waals surface area contributed by atoms with Crippen molar-refractivity contribution in [3.05, 3.63) is 467 Å². The van der Waals surface area contributed by atoms with Crippen molar-refractivity contribution in [2.45, 2.75) is 12.1 Å². The van der Waals surface area contributed by atoms with E-state index in [0.29, 0.717) is 17.7 Å². The molecule has 17 aromatic carbocycles. The summed E-state index contributed by atoms with van der Waals surface area (Å²) in [4.78, 5) is 40.4. The number of hydrogen-bond acceptors (Lipinski definition) is 8. The lowest BCUT2D eigenvalue weighted by Gasteiger charge is -2.34. The molecule has 0 fully saturated rings. The van der Waals surface area contributed by atoms with Crippen molar-refractivity contribution in [2.75, 3.05) is 9.80 Å². The van der Waals surface area contributed by atoms with Crippen LogP contribution >= 0.6 is 0 Å². The van der Waals surface area contributed by atoms with E-state index in [-0.39, 0.29) is 12.1 Å². The van der Waals surface area contributed by atoms with Crippen LogP contribution in [-0.4, -0.2) is 86.3 Å². The molecule has 14 nitrogen and oxygen atoms in total. The van der Waals surface area contributed by atoms with E-state index >= 15 is 0 Å². The van der Waals surface area contributed by atoms with E-state index in [1.165, 1.54) is 47.5 Å². The number of rotatable bonds is 15. The maximum Gasteiger partial charge on any atom is 0.238 e. The van der Waals surface area contributed by atoms with Crippen LogP contribution in [0.5, 0.6) is 0 Å². The molecule has 0 spiro atoms. The third-order valence-corrected chi connectivity index (χ3v) is 37.5. The number of guanidine groups is 1. The van der Waals surface area contributed by atoms with Gasteiger partial charge in [0.05, 0.1) is 89.7 Å². The predicted octanol–water partition coefficient (Wildman–Crippen LogP) is 20.9. The van der Waals surface area contributed by atoms with E-state index in [9.17, 15) is 0 Å². The van der Waals surface area contributed by atoms with Crippen LogP contribution in [0.1, 0.15) is 5.56 Å². The highest BCUT2D eigenvalue weighted by Crippen LogP contribution is 2.48. The lowest BCUT2D eigenvalue weighted by molar-refractivity contribution is 0.743. The molecule has 0 N–H and O–H groups in total. The number of benzene rings is 17. The van der Waals surface area contributed by atoms with E-state index < -0.39 is 16.1 Å². The van der Waals surface area contributed by atoms with E-state index in [1.807, 2.05) is 0 Å². The monoisotopic (exact) mass is 1750 g/mol. The van der Waals surface area contributed by atoms with Crippen molar-refractivity contribution in [2.24, 2.45) is 4.99 Å². The third-order valence-electron chi connectivity index (χ3n) is 28.3. The van der Waals surface area contributed by atoms with Crippen LogP contribution in [0.2, 0.25) is 0 Å². The molecule has 0 saturated heterocycles. The van der Waals surface area contributed by atoms with E-state index in [2.05, 4.69) is 498 Å². The maximum atomic E-state index is 6.25. The molecule has 25 aromatic rings. The Bertz CT molecular complexity index is 9040. The van der Waals surface area contributed by atoms with Gasteiger partial charge in [0.25, 0.3) is 0 Å². The second-order valence-corrected chi connectivity index (χ2v) is 42.7. The van der Waals surface area contributed by atoms with Gasteiger partial charge in [-0.3, -0.25) is 18.1 Å². The Balaban J connectivity index is 0.622. The summed E-state index contributed by atoms with van der Waals surface area (Å²) in [6.07, 6.45) is 7.02. The predicted molar refractivity (Wildman–Crippen MR) is 555 cm³/mol. The average Bonchev–Trinajstić information content (AvgIpc) is 1.42. The molecule has 0 radical (unpaired) electrons. The first-order chi connectivity index (χ1) is 66.5. The first-order valence-corrected chi connectivity index (χ1v) is 49.7. The molecule has 0 amide bonds. The van der Waals surface area contributed by atoms with Crippen LogP contribution < -0.4 is 51.6 Å². The van der Waals surface area contributed by atoms with Crippen molar-refractivity contribution < 1.29 is 0 Å². The molecule has 2 unspecified atom stereocenters. The zero-order chi connectivity index (χ0) is 87.9. The Morgan fingerprint density at radius 3 is 1.13 bits per heavy atom. The Kier molecular flexibility index (Phi) is 16.7. The van der Waals surface area contributed by atoms with Gasteiger partial charge in [0.1, 0.15) is 11.6 Å². The number of aromatic nitrogens is 11. The molecule has 3 aliphatic rings. The molecule has 0 bridgehead atoms. The highest BCUT2D eigenvalue weighted by Gasteiger charge is 2.50. The van der Waals surface area contributed by atoms with Gasteiger partial charge in [-0.15, -0.1) is 0 Å².